The Balaban J connectivity index is 1.51. The molecule has 0 amide bonds. The summed E-state index contributed by atoms with van der Waals surface area (Å²) >= 11 is 6.06. The Morgan fingerprint density at radius 2 is 2.21 bits per heavy atom. The van der Waals surface area contributed by atoms with Crippen molar-refractivity contribution in [2.24, 2.45) is 0 Å². The van der Waals surface area contributed by atoms with Gasteiger partial charge in [-0.05, 0) is 23.3 Å². The van der Waals surface area contributed by atoms with Gasteiger partial charge in [0.05, 0.1) is 5.02 Å². The molecule has 2 aromatic rings. The second-order valence-electron chi connectivity index (χ2n) is 4.65. The number of nitrogens with zero attached hydrogens (tertiary/aromatic N) is 1. The van der Waals surface area contributed by atoms with Gasteiger partial charge >= 0.3 is 0 Å². The van der Waals surface area contributed by atoms with Gasteiger partial charge in [-0.25, -0.2) is 0 Å². The number of para-hydroxylation sites is 1. The second-order valence-corrected chi connectivity index (χ2v) is 5.06. The zero-order valence-corrected chi connectivity index (χ0v) is 11.2. The minimum atomic E-state index is 0.206. The summed E-state index contributed by atoms with van der Waals surface area (Å²) in [6.07, 6.45) is 4.59. The number of rotatable bonds is 4. The lowest BCUT2D eigenvalue weighted by molar-refractivity contribution is 0.227. The Morgan fingerprint density at radius 3 is 3.05 bits per heavy atom. The van der Waals surface area contributed by atoms with Gasteiger partial charge in [0.25, 0.3) is 0 Å². The highest BCUT2D eigenvalue weighted by atomic mass is 35.5. The van der Waals surface area contributed by atoms with Gasteiger partial charge in [0.15, 0.2) is 0 Å². The average molecular weight is 275 g/mol. The van der Waals surface area contributed by atoms with Crippen molar-refractivity contribution in [3.05, 3.63) is 58.9 Å². The van der Waals surface area contributed by atoms with Crippen LogP contribution in [0.4, 0.5) is 0 Å². The monoisotopic (exact) mass is 274 g/mol. The van der Waals surface area contributed by atoms with Gasteiger partial charge in [0.2, 0.25) is 0 Å². The van der Waals surface area contributed by atoms with Crippen LogP contribution in [0.2, 0.25) is 5.02 Å². The first-order chi connectivity index (χ1) is 9.33. The lowest BCUT2D eigenvalue weighted by Gasteiger charge is -2.12. The molecule has 1 N–H and O–H groups in total. The van der Waals surface area contributed by atoms with Crippen molar-refractivity contribution in [2.45, 2.75) is 19.1 Å². The predicted octanol–water partition coefficient (Wildman–Crippen LogP) is 2.83. The molecule has 0 saturated carbocycles. The van der Waals surface area contributed by atoms with Crippen LogP contribution >= 0.6 is 11.6 Å². The van der Waals surface area contributed by atoms with Crippen LogP contribution < -0.4 is 10.1 Å². The lowest BCUT2D eigenvalue weighted by atomic mass is 10.1. The van der Waals surface area contributed by atoms with E-state index >= 15 is 0 Å². The zero-order valence-electron chi connectivity index (χ0n) is 10.5. The maximum atomic E-state index is 6.06. The van der Waals surface area contributed by atoms with Crippen molar-refractivity contribution in [1.29, 1.82) is 0 Å². The summed E-state index contributed by atoms with van der Waals surface area (Å²) in [5.41, 5.74) is 2.35. The molecule has 19 heavy (non-hydrogen) atoms. The van der Waals surface area contributed by atoms with Crippen LogP contribution in [-0.2, 0) is 13.0 Å². The predicted molar refractivity (Wildman–Crippen MR) is 75.5 cm³/mol. The number of nitrogens with one attached hydrogen (secondary N) is 1. The van der Waals surface area contributed by atoms with E-state index in [0.29, 0.717) is 5.02 Å². The van der Waals surface area contributed by atoms with E-state index in [0.717, 1.165) is 30.8 Å². The highest BCUT2D eigenvalue weighted by Crippen LogP contribution is 2.27. The summed E-state index contributed by atoms with van der Waals surface area (Å²) in [6.45, 7) is 1.55. The van der Waals surface area contributed by atoms with Crippen molar-refractivity contribution >= 4 is 11.6 Å². The molecule has 0 radical (unpaired) electrons. The quantitative estimate of drug-likeness (QED) is 0.931. The number of hydrogen-bond acceptors (Lipinski definition) is 3. The molecular formula is C15H15ClN2O. The molecule has 1 aromatic heterocycles. The Bertz CT molecular complexity index is 549. The second kappa shape index (κ2) is 5.59. The van der Waals surface area contributed by atoms with Gasteiger partial charge in [-0.15, -0.1) is 0 Å². The van der Waals surface area contributed by atoms with E-state index < -0.39 is 0 Å². The number of aromatic nitrogens is 1. The van der Waals surface area contributed by atoms with Crippen molar-refractivity contribution < 1.29 is 4.74 Å². The molecule has 3 nitrogen and oxygen atoms in total. The molecule has 0 spiro atoms. The van der Waals surface area contributed by atoms with Gasteiger partial charge in [-0.2, -0.15) is 0 Å². The van der Waals surface area contributed by atoms with Crippen LogP contribution in [0.5, 0.6) is 5.75 Å². The largest absolute Gasteiger partial charge is 0.488 e. The molecule has 0 aliphatic carbocycles. The lowest BCUT2D eigenvalue weighted by Crippen LogP contribution is -2.29. The third-order valence-electron chi connectivity index (χ3n) is 3.26. The molecule has 4 heteroatoms. The van der Waals surface area contributed by atoms with Crippen molar-refractivity contribution in [2.75, 3.05) is 6.54 Å². The fourth-order valence-corrected chi connectivity index (χ4v) is 2.47. The third kappa shape index (κ3) is 2.88. The van der Waals surface area contributed by atoms with Crippen LogP contribution in [0.15, 0.2) is 42.7 Å². The molecule has 0 bridgehead atoms. The summed E-state index contributed by atoms with van der Waals surface area (Å²) < 4.78 is 5.87. The van der Waals surface area contributed by atoms with E-state index in [1.54, 1.807) is 12.4 Å². The molecule has 98 valence electrons. The molecule has 1 unspecified atom stereocenters. The molecule has 1 aliphatic heterocycles. The number of ether oxygens (including phenoxy) is 1. The molecule has 3 rings (SSSR count). The van der Waals surface area contributed by atoms with Gasteiger partial charge in [0.1, 0.15) is 11.9 Å². The number of benzene rings is 1. The Kier molecular flexibility index (Phi) is 3.67. The number of fused-ring (bicyclic) bond motifs is 1. The summed E-state index contributed by atoms with van der Waals surface area (Å²) in [5, 5.41) is 4.08. The minimum absolute atomic E-state index is 0.206. The van der Waals surface area contributed by atoms with Crippen LogP contribution in [0.3, 0.4) is 0 Å². The highest BCUT2D eigenvalue weighted by molar-refractivity contribution is 6.31. The molecule has 0 fully saturated rings. The average Bonchev–Trinajstić information content (AvgIpc) is 2.83. The topological polar surface area (TPSA) is 34.2 Å². The van der Waals surface area contributed by atoms with Gasteiger partial charge in [-0.1, -0.05) is 29.8 Å². The summed E-state index contributed by atoms with van der Waals surface area (Å²) in [4.78, 5) is 3.97. The molecular weight excluding hydrogens is 260 g/mol. The third-order valence-corrected chi connectivity index (χ3v) is 3.60. The van der Waals surface area contributed by atoms with Crippen molar-refractivity contribution in [3.8, 4) is 5.75 Å². The molecule has 1 atom stereocenters. The molecule has 1 aliphatic rings. The summed E-state index contributed by atoms with van der Waals surface area (Å²) in [7, 11) is 0. The smallest absolute Gasteiger partial charge is 0.123 e. The summed E-state index contributed by atoms with van der Waals surface area (Å²) in [6, 6.07) is 10.1. The Labute approximate surface area is 117 Å². The molecule has 1 aromatic carbocycles. The number of hydrogen-bond donors (Lipinski definition) is 1. The van der Waals surface area contributed by atoms with E-state index in [2.05, 4.69) is 22.4 Å². The van der Waals surface area contributed by atoms with Crippen LogP contribution in [0.1, 0.15) is 11.1 Å². The first kappa shape index (κ1) is 12.5. The summed E-state index contributed by atoms with van der Waals surface area (Å²) in [5.74, 6) is 1.01. The van der Waals surface area contributed by atoms with Gasteiger partial charge < -0.3 is 10.1 Å². The van der Waals surface area contributed by atoms with E-state index in [1.807, 2.05) is 18.2 Å². The SMILES string of the molecule is Clc1cnccc1CNCC1Cc2ccccc2O1. The number of halogens is 1. The van der Waals surface area contributed by atoms with Gasteiger partial charge in [0, 0.05) is 31.9 Å². The Hall–Kier alpha value is -1.58. The maximum absolute atomic E-state index is 6.06. The molecule has 2 heterocycles. The standard InChI is InChI=1S/C15H15ClN2O/c16-14-10-17-6-5-12(14)8-18-9-13-7-11-3-1-2-4-15(11)19-13/h1-6,10,13,18H,7-9H2. The van der Waals surface area contributed by atoms with E-state index in [4.69, 9.17) is 16.3 Å². The number of pyridine rings is 1. The first-order valence-corrected chi connectivity index (χ1v) is 6.74. The zero-order chi connectivity index (χ0) is 13.1. The fourth-order valence-electron chi connectivity index (χ4n) is 2.28. The highest BCUT2D eigenvalue weighted by Gasteiger charge is 2.21. The van der Waals surface area contributed by atoms with Crippen LogP contribution in [0.25, 0.3) is 0 Å². The van der Waals surface area contributed by atoms with Crippen molar-refractivity contribution in [3.63, 3.8) is 0 Å². The van der Waals surface area contributed by atoms with Gasteiger partial charge in [-0.3, -0.25) is 4.98 Å². The Morgan fingerprint density at radius 1 is 1.32 bits per heavy atom. The first-order valence-electron chi connectivity index (χ1n) is 6.36. The normalized spacial score (nSPS) is 17.0. The van der Waals surface area contributed by atoms with E-state index in [1.165, 1.54) is 5.56 Å². The van der Waals surface area contributed by atoms with E-state index in [9.17, 15) is 0 Å². The van der Waals surface area contributed by atoms with Crippen LogP contribution in [-0.4, -0.2) is 17.6 Å². The van der Waals surface area contributed by atoms with Crippen molar-refractivity contribution in [1.82, 2.24) is 10.3 Å². The molecule has 0 saturated heterocycles. The minimum Gasteiger partial charge on any atom is -0.488 e. The van der Waals surface area contributed by atoms with Crippen LogP contribution in [0, 0.1) is 0 Å². The van der Waals surface area contributed by atoms with E-state index in [-0.39, 0.29) is 6.10 Å². The maximum Gasteiger partial charge on any atom is 0.123 e. The fraction of sp³-hybridized carbons (Fsp3) is 0.267.